The Morgan fingerprint density at radius 1 is 1.18 bits per heavy atom. The van der Waals surface area contributed by atoms with Crippen molar-refractivity contribution in [2.75, 3.05) is 17.2 Å². The van der Waals surface area contributed by atoms with Crippen molar-refractivity contribution in [3.05, 3.63) is 58.1 Å². The first-order valence-electron chi connectivity index (χ1n) is 7.48. The fraction of sp³-hybridized carbons (Fsp3) is 0.278. The van der Waals surface area contributed by atoms with Gasteiger partial charge in [0.1, 0.15) is 0 Å². The average molecular weight is 361 g/mol. The molecular weight excluding hydrogens is 340 g/mol. The molecule has 0 fully saturated rings. The van der Waals surface area contributed by atoms with Crippen LogP contribution in [0.2, 0.25) is 0 Å². The fourth-order valence-electron chi connectivity index (χ4n) is 2.19. The molecule has 1 amide bonds. The van der Waals surface area contributed by atoms with Crippen LogP contribution in [0.5, 0.6) is 0 Å². The molecule has 3 nitrogen and oxygen atoms in total. The SMILES string of the molecule is CCc1ccccc1NC(=O)CCNc1ccc(C)c(Br)c1. The van der Waals surface area contributed by atoms with E-state index < -0.39 is 0 Å². The predicted molar refractivity (Wildman–Crippen MR) is 96.4 cm³/mol. The van der Waals surface area contributed by atoms with Crippen molar-refractivity contribution in [1.29, 1.82) is 0 Å². The van der Waals surface area contributed by atoms with Crippen LogP contribution in [0.15, 0.2) is 46.9 Å². The number of anilines is 2. The molecule has 2 aromatic carbocycles. The van der Waals surface area contributed by atoms with Gasteiger partial charge in [-0.1, -0.05) is 47.1 Å². The molecule has 0 saturated carbocycles. The van der Waals surface area contributed by atoms with Crippen LogP contribution in [-0.4, -0.2) is 12.5 Å². The second-order valence-electron chi connectivity index (χ2n) is 5.20. The molecular formula is C18H21BrN2O. The van der Waals surface area contributed by atoms with Crippen LogP contribution in [0, 0.1) is 6.92 Å². The van der Waals surface area contributed by atoms with E-state index in [2.05, 4.69) is 33.5 Å². The lowest BCUT2D eigenvalue weighted by atomic mass is 10.1. The lowest BCUT2D eigenvalue weighted by Gasteiger charge is -2.11. The van der Waals surface area contributed by atoms with E-state index in [1.165, 1.54) is 5.56 Å². The largest absolute Gasteiger partial charge is 0.384 e. The third-order valence-electron chi connectivity index (χ3n) is 3.53. The molecule has 0 aliphatic rings. The van der Waals surface area contributed by atoms with Gasteiger partial charge in [-0.3, -0.25) is 4.79 Å². The van der Waals surface area contributed by atoms with Gasteiger partial charge in [-0.2, -0.15) is 0 Å². The zero-order valence-electron chi connectivity index (χ0n) is 12.9. The Morgan fingerprint density at radius 2 is 1.95 bits per heavy atom. The number of nitrogens with one attached hydrogen (secondary N) is 2. The summed E-state index contributed by atoms with van der Waals surface area (Å²) in [7, 11) is 0. The smallest absolute Gasteiger partial charge is 0.226 e. The number of amides is 1. The van der Waals surface area contributed by atoms with Gasteiger partial charge in [0.2, 0.25) is 5.91 Å². The number of carbonyl (C=O) groups is 1. The summed E-state index contributed by atoms with van der Waals surface area (Å²) in [6.07, 6.45) is 1.34. The molecule has 0 spiro atoms. The monoisotopic (exact) mass is 360 g/mol. The van der Waals surface area contributed by atoms with Gasteiger partial charge in [0, 0.05) is 28.8 Å². The van der Waals surface area contributed by atoms with Crippen molar-refractivity contribution in [1.82, 2.24) is 0 Å². The van der Waals surface area contributed by atoms with Gasteiger partial charge in [0.25, 0.3) is 0 Å². The molecule has 2 rings (SSSR count). The summed E-state index contributed by atoms with van der Waals surface area (Å²) in [6.45, 7) is 4.74. The Hall–Kier alpha value is -1.81. The summed E-state index contributed by atoms with van der Waals surface area (Å²) in [6, 6.07) is 14.0. The first-order chi connectivity index (χ1) is 10.6. The molecule has 0 heterocycles. The molecule has 0 radical (unpaired) electrons. The van der Waals surface area contributed by atoms with E-state index in [1.807, 2.05) is 49.4 Å². The van der Waals surface area contributed by atoms with Gasteiger partial charge in [0.05, 0.1) is 0 Å². The fourth-order valence-corrected chi connectivity index (χ4v) is 2.57. The van der Waals surface area contributed by atoms with Crippen LogP contribution in [0.1, 0.15) is 24.5 Å². The van der Waals surface area contributed by atoms with Crippen molar-refractivity contribution in [3.63, 3.8) is 0 Å². The maximum Gasteiger partial charge on any atom is 0.226 e. The number of carbonyl (C=O) groups excluding carboxylic acids is 1. The molecule has 0 unspecified atom stereocenters. The number of hydrogen-bond acceptors (Lipinski definition) is 2. The van der Waals surface area contributed by atoms with Crippen LogP contribution in [0.3, 0.4) is 0 Å². The van der Waals surface area contributed by atoms with Crippen molar-refractivity contribution < 1.29 is 4.79 Å². The Bertz CT molecular complexity index is 655. The zero-order chi connectivity index (χ0) is 15.9. The van der Waals surface area contributed by atoms with Gasteiger partial charge in [0.15, 0.2) is 0 Å². The van der Waals surface area contributed by atoms with E-state index in [9.17, 15) is 4.79 Å². The molecule has 0 aromatic heterocycles. The van der Waals surface area contributed by atoms with E-state index in [0.717, 1.165) is 27.8 Å². The van der Waals surface area contributed by atoms with E-state index in [-0.39, 0.29) is 5.91 Å². The van der Waals surface area contributed by atoms with Gasteiger partial charge >= 0.3 is 0 Å². The number of rotatable bonds is 6. The van der Waals surface area contributed by atoms with Crippen LogP contribution in [-0.2, 0) is 11.2 Å². The van der Waals surface area contributed by atoms with Crippen molar-refractivity contribution in [2.45, 2.75) is 26.7 Å². The Balaban J connectivity index is 1.84. The Kier molecular flexibility index (Phi) is 6.01. The summed E-state index contributed by atoms with van der Waals surface area (Å²) in [5.41, 5.74) is 4.28. The average Bonchev–Trinajstić information content (AvgIpc) is 2.51. The molecule has 2 aromatic rings. The molecule has 0 saturated heterocycles. The highest BCUT2D eigenvalue weighted by Crippen LogP contribution is 2.20. The third-order valence-corrected chi connectivity index (χ3v) is 4.38. The maximum absolute atomic E-state index is 12.0. The van der Waals surface area contributed by atoms with Crippen LogP contribution in [0.25, 0.3) is 0 Å². The number of para-hydroxylation sites is 1. The number of hydrogen-bond donors (Lipinski definition) is 2. The van der Waals surface area contributed by atoms with E-state index in [4.69, 9.17) is 0 Å². The first kappa shape index (κ1) is 16.6. The lowest BCUT2D eigenvalue weighted by Crippen LogP contribution is -2.17. The summed E-state index contributed by atoms with van der Waals surface area (Å²) < 4.78 is 1.07. The van der Waals surface area contributed by atoms with Crippen LogP contribution >= 0.6 is 15.9 Å². The van der Waals surface area contributed by atoms with Crippen LogP contribution < -0.4 is 10.6 Å². The number of halogens is 1. The quantitative estimate of drug-likeness (QED) is 0.779. The normalized spacial score (nSPS) is 10.3. The van der Waals surface area contributed by atoms with Crippen molar-refractivity contribution >= 4 is 33.2 Å². The third kappa shape index (κ3) is 4.60. The topological polar surface area (TPSA) is 41.1 Å². The van der Waals surface area contributed by atoms with E-state index >= 15 is 0 Å². The van der Waals surface area contributed by atoms with Crippen molar-refractivity contribution in [3.8, 4) is 0 Å². The molecule has 4 heteroatoms. The van der Waals surface area contributed by atoms with Gasteiger partial charge in [-0.25, -0.2) is 0 Å². The Morgan fingerprint density at radius 3 is 2.68 bits per heavy atom. The van der Waals surface area contributed by atoms with E-state index in [0.29, 0.717) is 13.0 Å². The van der Waals surface area contributed by atoms with E-state index in [1.54, 1.807) is 0 Å². The number of benzene rings is 2. The minimum Gasteiger partial charge on any atom is -0.384 e. The molecule has 0 atom stereocenters. The summed E-state index contributed by atoms with van der Waals surface area (Å²) >= 11 is 3.51. The molecule has 22 heavy (non-hydrogen) atoms. The number of aryl methyl sites for hydroxylation is 2. The zero-order valence-corrected chi connectivity index (χ0v) is 14.5. The van der Waals surface area contributed by atoms with Crippen LogP contribution in [0.4, 0.5) is 11.4 Å². The molecule has 0 bridgehead atoms. The highest BCUT2D eigenvalue weighted by atomic mass is 79.9. The Labute approximate surface area is 140 Å². The summed E-state index contributed by atoms with van der Waals surface area (Å²) in [5.74, 6) is 0.0274. The molecule has 116 valence electrons. The van der Waals surface area contributed by atoms with Gasteiger partial charge < -0.3 is 10.6 Å². The van der Waals surface area contributed by atoms with Gasteiger partial charge in [-0.15, -0.1) is 0 Å². The molecule has 0 aliphatic carbocycles. The standard InChI is InChI=1S/C18H21BrN2O/c1-3-14-6-4-5-7-17(14)21-18(22)10-11-20-15-9-8-13(2)16(19)12-15/h4-9,12,20H,3,10-11H2,1-2H3,(H,21,22). The maximum atomic E-state index is 12.0. The minimum atomic E-state index is 0.0274. The molecule has 0 aliphatic heterocycles. The predicted octanol–water partition coefficient (Wildman–Crippen LogP) is 4.76. The minimum absolute atomic E-state index is 0.0274. The highest BCUT2D eigenvalue weighted by molar-refractivity contribution is 9.10. The lowest BCUT2D eigenvalue weighted by molar-refractivity contribution is -0.115. The van der Waals surface area contributed by atoms with Crippen molar-refractivity contribution in [2.24, 2.45) is 0 Å². The second-order valence-corrected chi connectivity index (χ2v) is 6.05. The summed E-state index contributed by atoms with van der Waals surface area (Å²) in [5, 5.41) is 6.25. The van der Waals surface area contributed by atoms with Gasteiger partial charge in [-0.05, 0) is 42.7 Å². The summed E-state index contributed by atoms with van der Waals surface area (Å²) in [4.78, 5) is 12.0. The highest BCUT2D eigenvalue weighted by Gasteiger charge is 2.05. The second kappa shape index (κ2) is 7.99. The first-order valence-corrected chi connectivity index (χ1v) is 8.27. The molecule has 2 N–H and O–H groups in total.